The Morgan fingerprint density at radius 1 is 1.09 bits per heavy atom. The first-order chi connectivity index (χ1) is 16.7. The van der Waals surface area contributed by atoms with E-state index in [2.05, 4.69) is 38.3 Å². The smallest absolute Gasteiger partial charge is 0.176 e. The number of nitrogens with zero attached hydrogens (tertiary/aromatic N) is 2. The number of benzene rings is 2. The molecule has 3 saturated heterocycles. The molecule has 180 valence electrons. The third-order valence-corrected chi connectivity index (χ3v) is 7.50. The van der Waals surface area contributed by atoms with Gasteiger partial charge in [0.1, 0.15) is 11.9 Å². The summed E-state index contributed by atoms with van der Waals surface area (Å²) in [6.45, 7) is 4.52. The molecular weight excluding hydrogens is 432 g/mol. The number of aliphatic hydroxyl groups excluding tert-OH is 1. The number of aliphatic hydroxyl groups is 1. The number of rotatable bonds is 6. The summed E-state index contributed by atoms with van der Waals surface area (Å²) in [7, 11) is 1.71. The summed E-state index contributed by atoms with van der Waals surface area (Å²) >= 11 is 0. The second-order valence-corrected chi connectivity index (χ2v) is 9.32. The van der Waals surface area contributed by atoms with Crippen molar-refractivity contribution < 1.29 is 19.3 Å². The molecule has 1 aromatic heterocycles. The van der Waals surface area contributed by atoms with Crippen LogP contribution >= 0.6 is 0 Å². The van der Waals surface area contributed by atoms with Crippen LogP contribution in [0.5, 0.6) is 5.75 Å². The molecule has 34 heavy (non-hydrogen) atoms. The summed E-state index contributed by atoms with van der Waals surface area (Å²) in [5.41, 5.74) is 3.42. The van der Waals surface area contributed by atoms with Gasteiger partial charge < -0.3 is 34.5 Å². The van der Waals surface area contributed by atoms with Gasteiger partial charge in [0.25, 0.3) is 0 Å². The predicted octanol–water partition coefficient (Wildman–Crippen LogP) is 1.94. The largest absolute Gasteiger partial charge is 0.495 e. The van der Waals surface area contributed by atoms with Crippen LogP contribution in [0.4, 0.5) is 5.69 Å². The lowest BCUT2D eigenvalue weighted by Gasteiger charge is -2.47. The molecule has 0 amide bonds. The number of fused-ring (bicyclic) bond motifs is 3. The third-order valence-electron chi connectivity index (χ3n) is 7.50. The van der Waals surface area contributed by atoms with Gasteiger partial charge in [-0.3, -0.25) is 4.90 Å². The van der Waals surface area contributed by atoms with Crippen LogP contribution in [0.3, 0.4) is 0 Å². The molecule has 2 bridgehead atoms. The Balaban J connectivity index is 1.14. The number of methoxy groups -OCH3 is 1. The van der Waals surface area contributed by atoms with Gasteiger partial charge in [-0.05, 0) is 23.8 Å². The van der Waals surface area contributed by atoms with E-state index in [9.17, 15) is 5.11 Å². The molecule has 3 N–H and O–H groups in total. The number of ether oxygens (including phenoxy) is 3. The number of nitrogens with one attached hydrogen (secondary N) is 2. The monoisotopic (exact) mass is 464 g/mol. The molecule has 3 aliphatic heterocycles. The van der Waals surface area contributed by atoms with E-state index in [0.717, 1.165) is 43.1 Å². The van der Waals surface area contributed by atoms with Crippen molar-refractivity contribution in [1.29, 1.82) is 0 Å². The number of para-hydroxylation sites is 3. The molecule has 0 radical (unpaired) electrons. The average molecular weight is 465 g/mol. The third kappa shape index (κ3) is 3.85. The quantitative estimate of drug-likeness (QED) is 0.514. The van der Waals surface area contributed by atoms with E-state index in [4.69, 9.17) is 14.2 Å². The van der Waals surface area contributed by atoms with Gasteiger partial charge in [0.15, 0.2) is 6.29 Å². The summed E-state index contributed by atoms with van der Waals surface area (Å²) in [6, 6.07) is 16.0. The van der Waals surface area contributed by atoms with Gasteiger partial charge >= 0.3 is 0 Å². The van der Waals surface area contributed by atoms with Gasteiger partial charge in [0.05, 0.1) is 37.6 Å². The summed E-state index contributed by atoms with van der Waals surface area (Å²) in [5.74, 6) is 0.889. The minimum absolute atomic E-state index is 0.142. The lowest BCUT2D eigenvalue weighted by Crippen LogP contribution is -2.66. The molecule has 3 aliphatic rings. The maximum atomic E-state index is 11.5. The number of hydrogen-bond acceptors (Lipinski definition) is 7. The Morgan fingerprint density at radius 3 is 2.74 bits per heavy atom. The van der Waals surface area contributed by atoms with E-state index in [1.807, 2.05) is 36.5 Å². The van der Waals surface area contributed by atoms with E-state index < -0.39 is 6.10 Å². The molecular formula is C26H32N4O4. The van der Waals surface area contributed by atoms with Gasteiger partial charge in [-0.2, -0.15) is 0 Å². The Morgan fingerprint density at radius 2 is 1.88 bits per heavy atom. The van der Waals surface area contributed by atoms with E-state index in [-0.39, 0.29) is 24.5 Å². The van der Waals surface area contributed by atoms with Crippen molar-refractivity contribution in [3.05, 3.63) is 60.3 Å². The summed E-state index contributed by atoms with van der Waals surface area (Å²) in [5, 5.41) is 16.2. The highest BCUT2D eigenvalue weighted by Gasteiger charge is 2.52. The highest BCUT2D eigenvalue weighted by Crippen LogP contribution is 2.34. The lowest BCUT2D eigenvalue weighted by molar-refractivity contribution is -0.183. The second kappa shape index (κ2) is 9.20. The minimum Gasteiger partial charge on any atom is -0.495 e. The molecule has 0 spiro atoms. The maximum Gasteiger partial charge on any atom is 0.176 e. The number of aromatic amines is 1. The zero-order valence-corrected chi connectivity index (χ0v) is 19.4. The van der Waals surface area contributed by atoms with Crippen molar-refractivity contribution in [3.63, 3.8) is 0 Å². The Bertz CT molecular complexity index is 1130. The van der Waals surface area contributed by atoms with Gasteiger partial charge in [0.2, 0.25) is 0 Å². The fraction of sp³-hybridized carbons (Fsp3) is 0.462. The van der Waals surface area contributed by atoms with E-state index in [1.165, 1.54) is 10.9 Å². The molecule has 5 atom stereocenters. The van der Waals surface area contributed by atoms with E-state index in [1.54, 1.807) is 7.11 Å². The fourth-order valence-electron chi connectivity index (χ4n) is 5.70. The first kappa shape index (κ1) is 21.9. The summed E-state index contributed by atoms with van der Waals surface area (Å²) in [6.07, 6.45) is 0.936. The number of aromatic nitrogens is 1. The van der Waals surface area contributed by atoms with Crippen molar-refractivity contribution in [1.82, 2.24) is 15.2 Å². The maximum absolute atomic E-state index is 11.5. The first-order valence-corrected chi connectivity index (χ1v) is 12.1. The highest BCUT2D eigenvalue weighted by molar-refractivity contribution is 5.82. The van der Waals surface area contributed by atoms with Crippen molar-refractivity contribution in [2.75, 3.05) is 44.8 Å². The van der Waals surface area contributed by atoms with Crippen molar-refractivity contribution in [3.8, 4) is 5.75 Å². The normalized spacial score (nSPS) is 29.6. The van der Waals surface area contributed by atoms with E-state index in [0.29, 0.717) is 13.2 Å². The molecule has 8 heteroatoms. The van der Waals surface area contributed by atoms with Crippen LogP contribution in [-0.4, -0.2) is 85.5 Å². The second-order valence-electron chi connectivity index (χ2n) is 9.32. The van der Waals surface area contributed by atoms with Crippen LogP contribution in [-0.2, 0) is 16.0 Å². The zero-order chi connectivity index (χ0) is 23.1. The van der Waals surface area contributed by atoms with Gasteiger partial charge in [-0.15, -0.1) is 0 Å². The van der Waals surface area contributed by atoms with Crippen LogP contribution in [0.25, 0.3) is 10.9 Å². The average Bonchev–Trinajstić information content (AvgIpc) is 3.50. The van der Waals surface area contributed by atoms with Crippen LogP contribution < -0.4 is 15.0 Å². The summed E-state index contributed by atoms with van der Waals surface area (Å²) < 4.78 is 17.8. The van der Waals surface area contributed by atoms with Crippen molar-refractivity contribution in [2.45, 2.75) is 37.1 Å². The first-order valence-electron chi connectivity index (χ1n) is 12.1. The Hall–Kier alpha value is -2.62. The molecule has 0 saturated carbocycles. The molecule has 3 aromatic rings. The fourth-order valence-corrected chi connectivity index (χ4v) is 5.70. The van der Waals surface area contributed by atoms with Crippen molar-refractivity contribution >= 4 is 16.6 Å². The number of anilines is 1. The number of piperazine rings is 1. The SMILES string of the molecule is COc1ccccc1N1CCN(C2C3OCC(O3)C(NCc3c[nH]c4ccccc34)C2O)CC1. The van der Waals surface area contributed by atoms with Crippen LogP contribution in [0.1, 0.15) is 5.56 Å². The molecule has 2 aromatic carbocycles. The molecule has 6 rings (SSSR count). The van der Waals surface area contributed by atoms with E-state index >= 15 is 0 Å². The molecule has 5 unspecified atom stereocenters. The molecule has 4 heterocycles. The molecule has 8 nitrogen and oxygen atoms in total. The van der Waals surface area contributed by atoms with Gasteiger partial charge in [-0.1, -0.05) is 30.3 Å². The summed E-state index contributed by atoms with van der Waals surface area (Å²) in [4.78, 5) is 7.99. The Labute approximate surface area is 199 Å². The van der Waals surface area contributed by atoms with Gasteiger partial charge in [-0.25, -0.2) is 0 Å². The van der Waals surface area contributed by atoms with Crippen molar-refractivity contribution in [2.24, 2.45) is 0 Å². The molecule has 3 fully saturated rings. The predicted molar refractivity (Wildman–Crippen MR) is 130 cm³/mol. The standard InChI is InChI=1S/C26H32N4O4/c1-32-21-9-5-4-8-20(21)29-10-12-30(13-11-29)24-25(31)23(22-16-33-26(24)34-22)28-15-17-14-27-19-7-3-2-6-18(17)19/h2-9,14,22-28,31H,10-13,15-16H2,1H3. The molecule has 0 aliphatic carbocycles. The topological polar surface area (TPSA) is 82.2 Å². The van der Waals surface area contributed by atoms with Crippen LogP contribution in [0, 0.1) is 0 Å². The van der Waals surface area contributed by atoms with Crippen LogP contribution in [0.2, 0.25) is 0 Å². The zero-order valence-electron chi connectivity index (χ0n) is 19.4. The number of hydrogen-bond donors (Lipinski definition) is 3. The Kier molecular flexibility index (Phi) is 5.92. The van der Waals surface area contributed by atoms with Crippen LogP contribution in [0.15, 0.2) is 54.7 Å². The lowest BCUT2D eigenvalue weighted by atomic mass is 9.94. The van der Waals surface area contributed by atoms with Gasteiger partial charge in [0, 0.05) is 49.8 Å². The highest BCUT2D eigenvalue weighted by atomic mass is 16.7. The minimum atomic E-state index is -0.575. The number of H-pyrrole nitrogens is 1.